The molecule has 3 aromatic rings. The van der Waals surface area contributed by atoms with Gasteiger partial charge in [-0.15, -0.1) is 11.3 Å². The van der Waals surface area contributed by atoms with Crippen molar-refractivity contribution in [3.8, 4) is 10.6 Å². The number of carbonyl (C=O) groups excluding carboxylic acids is 1. The van der Waals surface area contributed by atoms with Crippen molar-refractivity contribution in [1.29, 1.82) is 0 Å². The maximum Gasteiger partial charge on any atom is 0.261 e. The quantitative estimate of drug-likeness (QED) is 0.704. The Bertz CT molecular complexity index is 861. The largest absolute Gasteiger partial charge is 0.373 e. The highest BCUT2D eigenvalue weighted by atomic mass is 32.1. The van der Waals surface area contributed by atoms with Gasteiger partial charge in [-0.1, -0.05) is 18.2 Å². The summed E-state index contributed by atoms with van der Waals surface area (Å²) in [6.45, 7) is 0.505. The lowest BCUT2D eigenvalue weighted by molar-refractivity contribution is 0.0958. The van der Waals surface area contributed by atoms with Gasteiger partial charge in [-0.3, -0.25) is 4.79 Å². The van der Waals surface area contributed by atoms with Crippen LogP contribution in [0.2, 0.25) is 0 Å². The van der Waals surface area contributed by atoms with Gasteiger partial charge in [0.15, 0.2) is 0 Å². The van der Waals surface area contributed by atoms with E-state index in [4.69, 9.17) is 0 Å². The Balaban J connectivity index is 1.59. The first-order valence-corrected chi connectivity index (χ1v) is 8.75. The van der Waals surface area contributed by atoms with E-state index in [0.29, 0.717) is 17.8 Å². The van der Waals surface area contributed by atoms with Crippen LogP contribution >= 0.6 is 11.3 Å². The number of carbonyl (C=O) groups is 1. The summed E-state index contributed by atoms with van der Waals surface area (Å²) >= 11 is 1.41. The summed E-state index contributed by atoms with van der Waals surface area (Å²) in [7, 11) is 1.82. The molecule has 1 aromatic carbocycles. The summed E-state index contributed by atoms with van der Waals surface area (Å²) in [5, 5.41) is 5.90. The van der Waals surface area contributed by atoms with Gasteiger partial charge < -0.3 is 10.6 Å². The van der Waals surface area contributed by atoms with Crippen molar-refractivity contribution in [2.75, 3.05) is 18.9 Å². The van der Waals surface area contributed by atoms with Crippen molar-refractivity contribution in [1.82, 2.24) is 10.3 Å². The summed E-state index contributed by atoms with van der Waals surface area (Å²) in [5.74, 6) is 0.425. The van der Waals surface area contributed by atoms with Gasteiger partial charge in [-0.2, -0.15) is 0 Å². The Morgan fingerprint density at radius 2 is 1.92 bits per heavy atom. The molecule has 3 rings (SSSR count). The summed E-state index contributed by atoms with van der Waals surface area (Å²) < 4.78 is 12.9. The molecule has 0 unspecified atom stereocenters. The average Bonchev–Trinajstić information content (AvgIpc) is 3.14. The standard InChI is InChI=1S/C19H18FN3OS/c1-21-18-4-2-3-15(23-18)16-9-10-17(25-16)19(24)22-12-11-13-5-7-14(20)8-6-13/h2-10H,11-12H2,1H3,(H,21,23)(H,22,24). The van der Waals surface area contributed by atoms with Crippen LogP contribution in [-0.2, 0) is 6.42 Å². The van der Waals surface area contributed by atoms with Crippen molar-refractivity contribution in [2.24, 2.45) is 0 Å². The molecule has 0 fully saturated rings. The summed E-state index contributed by atoms with van der Waals surface area (Å²) in [4.78, 5) is 18.3. The number of nitrogens with zero attached hydrogens (tertiary/aromatic N) is 1. The molecule has 25 heavy (non-hydrogen) atoms. The Kier molecular flexibility index (Phi) is 5.40. The highest BCUT2D eigenvalue weighted by Gasteiger charge is 2.11. The zero-order valence-corrected chi connectivity index (χ0v) is 14.6. The maximum atomic E-state index is 12.9. The van der Waals surface area contributed by atoms with E-state index < -0.39 is 0 Å². The summed E-state index contributed by atoms with van der Waals surface area (Å²) in [5.41, 5.74) is 1.82. The van der Waals surface area contributed by atoms with Crippen LogP contribution in [0.5, 0.6) is 0 Å². The van der Waals surface area contributed by atoms with E-state index >= 15 is 0 Å². The molecular formula is C19H18FN3OS. The smallest absolute Gasteiger partial charge is 0.261 e. The molecule has 128 valence electrons. The van der Waals surface area contributed by atoms with Gasteiger partial charge >= 0.3 is 0 Å². The van der Waals surface area contributed by atoms with Crippen LogP contribution < -0.4 is 10.6 Å². The molecule has 0 aliphatic rings. The fraction of sp³-hybridized carbons (Fsp3) is 0.158. The minimum absolute atomic E-state index is 0.108. The van der Waals surface area contributed by atoms with Gasteiger partial charge in [0.1, 0.15) is 11.6 Å². The van der Waals surface area contributed by atoms with Crippen molar-refractivity contribution in [3.05, 3.63) is 70.9 Å². The van der Waals surface area contributed by atoms with Crippen molar-refractivity contribution < 1.29 is 9.18 Å². The summed E-state index contributed by atoms with van der Waals surface area (Å²) in [6.07, 6.45) is 0.663. The van der Waals surface area contributed by atoms with Crippen LogP contribution in [-0.4, -0.2) is 24.5 Å². The van der Waals surface area contributed by atoms with E-state index in [2.05, 4.69) is 15.6 Å². The molecule has 2 N–H and O–H groups in total. The number of pyridine rings is 1. The second-order valence-corrected chi connectivity index (χ2v) is 6.54. The van der Waals surface area contributed by atoms with Crippen LogP contribution in [0.3, 0.4) is 0 Å². The van der Waals surface area contributed by atoms with Crippen molar-refractivity contribution in [3.63, 3.8) is 0 Å². The molecule has 0 bridgehead atoms. The second-order valence-electron chi connectivity index (χ2n) is 5.45. The Morgan fingerprint density at radius 1 is 1.12 bits per heavy atom. The number of hydrogen-bond donors (Lipinski definition) is 2. The van der Waals surface area contributed by atoms with Crippen molar-refractivity contribution in [2.45, 2.75) is 6.42 Å². The first-order chi connectivity index (χ1) is 12.2. The van der Waals surface area contributed by atoms with E-state index in [0.717, 1.165) is 22.0 Å². The molecule has 0 spiro atoms. The normalized spacial score (nSPS) is 10.5. The van der Waals surface area contributed by atoms with Crippen LogP contribution in [0.15, 0.2) is 54.6 Å². The molecule has 1 amide bonds. The highest BCUT2D eigenvalue weighted by molar-refractivity contribution is 7.17. The first-order valence-electron chi connectivity index (χ1n) is 7.93. The van der Waals surface area contributed by atoms with Gasteiger partial charge in [0.2, 0.25) is 0 Å². The minimum Gasteiger partial charge on any atom is -0.373 e. The predicted molar refractivity (Wildman–Crippen MR) is 99.5 cm³/mol. The van der Waals surface area contributed by atoms with Gasteiger partial charge in [0.25, 0.3) is 5.91 Å². The van der Waals surface area contributed by atoms with E-state index in [-0.39, 0.29) is 11.7 Å². The molecule has 0 saturated heterocycles. The number of nitrogens with one attached hydrogen (secondary N) is 2. The van der Waals surface area contributed by atoms with Gasteiger partial charge in [-0.05, 0) is 48.4 Å². The monoisotopic (exact) mass is 355 g/mol. The van der Waals surface area contributed by atoms with Crippen LogP contribution in [0, 0.1) is 5.82 Å². The fourth-order valence-electron chi connectivity index (χ4n) is 2.37. The number of hydrogen-bond acceptors (Lipinski definition) is 4. The van der Waals surface area contributed by atoms with Gasteiger partial charge in [-0.25, -0.2) is 9.37 Å². The molecule has 4 nitrogen and oxygen atoms in total. The van der Waals surface area contributed by atoms with Crippen LogP contribution in [0.1, 0.15) is 15.2 Å². The molecular weight excluding hydrogens is 337 g/mol. The van der Waals surface area contributed by atoms with E-state index in [1.165, 1.54) is 23.5 Å². The molecule has 0 aliphatic heterocycles. The lowest BCUT2D eigenvalue weighted by Gasteiger charge is -2.04. The first kappa shape index (κ1) is 17.1. The molecule has 0 atom stereocenters. The minimum atomic E-state index is -0.255. The van der Waals surface area contributed by atoms with E-state index in [9.17, 15) is 9.18 Å². The van der Waals surface area contributed by atoms with Gasteiger partial charge in [0.05, 0.1) is 15.4 Å². The Hall–Kier alpha value is -2.73. The summed E-state index contributed by atoms with van der Waals surface area (Å²) in [6, 6.07) is 15.8. The predicted octanol–water partition coefficient (Wildman–Crippen LogP) is 3.96. The molecule has 0 aliphatic carbocycles. The zero-order chi connectivity index (χ0) is 17.6. The number of halogens is 1. The fourth-order valence-corrected chi connectivity index (χ4v) is 3.26. The lowest BCUT2D eigenvalue weighted by atomic mass is 10.1. The SMILES string of the molecule is CNc1cccc(-c2ccc(C(=O)NCCc3ccc(F)cc3)s2)n1. The molecule has 0 radical (unpaired) electrons. The third kappa shape index (κ3) is 4.42. The zero-order valence-electron chi connectivity index (χ0n) is 13.8. The highest BCUT2D eigenvalue weighted by Crippen LogP contribution is 2.27. The number of thiophene rings is 1. The molecule has 0 saturated carbocycles. The average molecular weight is 355 g/mol. The number of aromatic nitrogens is 1. The molecule has 6 heteroatoms. The molecule has 2 heterocycles. The molecule has 2 aromatic heterocycles. The van der Waals surface area contributed by atoms with Crippen molar-refractivity contribution >= 4 is 23.1 Å². The number of anilines is 1. The van der Waals surface area contributed by atoms with E-state index in [1.807, 2.05) is 31.3 Å². The Labute approximate surface area is 149 Å². The topological polar surface area (TPSA) is 54.0 Å². The third-order valence-corrected chi connectivity index (χ3v) is 4.81. The van der Waals surface area contributed by atoms with E-state index in [1.54, 1.807) is 18.2 Å². The third-order valence-electron chi connectivity index (χ3n) is 3.70. The Morgan fingerprint density at radius 3 is 2.68 bits per heavy atom. The number of amides is 1. The van der Waals surface area contributed by atoms with Crippen LogP contribution in [0.25, 0.3) is 10.6 Å². The van der Waals surface area contributed by atoms with Crippen LogP contribution in [0.4, 0.5) is 10.2 Å². The van der Waals surface area contributed by atoms with Gasteiger partial charge in [0, 0.05) is 13.6 Å². The maximum absolute atomic E-state index is 12.9. The lowest BCUT2D eigenvalue weighted by Crippen LogP contribution is -2.24. The second kappa shape index (κ2) is 7.90. The number of benzene rings is 1. The number of rotatable bonds is 6.